The van der Waals surface area contributed by atoms with Crippen molar-refractivity contribution in [3.05, 3.63) is 158 Å². The van der Waals surface area contributed by atoms with Crippen molar-refractivity contribution >= 4 is 0 Å². The summed E-state index contributed by atoms with van der Waals surface area (Å²) in [6.07, 6.45) is 0. The van der Waals surface area contributed by atoms with Crippen LogP contribution >= 0.6 is 0 Å². The first-order valence-electron chi connectivity index (χ1n) is 11.6. The molecular weight excluding hydrogens is 571 g/mol. The molecule has 0 atom stereocenters. The van der Waals surface area contributed by atoms with Crippen molar-refractivity contribution in [2.45, 2.75) is 0 Å². The van der Waals surface area contributed by atoms with Gasteiger partial charge < -0.3 is 24.8 Å². The molecule has 6 aromatic rings. The number of rotatable bonds is 4. The molecule has 0 radical (unpaired) electrons. The van der Waals surface area contributed by atoms with E-state index in [2.05, 4.69) is 158 Å². The standard InChI is InChI=1S/2C17H13.2ClH.Zr/c2*1-3-8-14(9-4-1)16-12-7-13-17(16)15-10-5-2-6-11-15;;;/h2*1-13H;2*1H;/q2*-1;;;+4/p-2. The predicted octanol–water partition coefficient (Wildman–Crippen LogP) is 3.48. The van der Waals surface area contributed by atoms with Crippen LogP contribution < -0.4 is 24.8 Å². The Bertz CT molecular complexity index is 1200. The second kappa shape index (κ2) is 15.3. The number of hydrogen-bond donors (Lipinski definition) is 0. The van der Waals surface area contributed by atoms with Crippen molar-refractivity contribution in [3.63, 3.8) is 0 Å². The van der Waals surface area contributed by atoms with Crippen LogP contribution in [-0.2, 0) is 26.2 Å². The van der Waals surface area contributed by atoms with Gasteiger partial charge in [-0.1, -0.05) is 130 Å². The fourth-order valence-corrected chi connectivity index (χ4v) is 4.32. The van der Waals surface area contributed by atoms with E-state index in [-0.39, 0.29) is 51.0 Å². The molecule has 180 valence electrons. The van der Waals surface area contributed by atoms with E-state index in [0.717, 1.165) is 0 Å². The Morgan fingerprint density at radius 3 is 0.946 bits per heavy atom. The van der Waals surface area contributed by atoms with Gasteiger partial charge in [-0.25, -0.2) is 0 Å². The van der Waals surface area contributed by atoms with E-state index in [1.54, 1.807) is 0 Å². The number of benzene rings is 4. The van der Waals surface area contributed by atoms with Gasteiger partial charge in [-0.3, -0.25) is 0 Å². The van der Waals surface area contributed by atoms with Crippen LogP contribution in [0.15, 0.2) is 158 Å². The van der Waals surface area contributed by atoms with Crippen LogP contribution in [0.25, 0.3) is 44.5 Å². The zero-order chi connectivity index (χ0) is 23.0. The first kappa shape index (κ1) is 30.3. The topological polar surface area (TPSA) is 0 Å². The normalized spacial score (nSPS) is 9.51. The summed E-state index contributed by atoms with van der Waals surface area (Å²) in [6, 6.07) is 55.0. The average molecular weight is 597 g/mol. The van der Waals surface area contributed by atoms with E-state index in [0.29, 0.717) is 0 Å². The van der Waals surface area contributed by atoms with Crippen molar-refractivity contribution in [1.82, 2.24) is 0 Å². The molecule has 6 aromatic carbocycles. The summed E-state index contributed by atoms with van der Waals surface area (Å²) in [5.41, 5.74) is 10.3. The van der Waals surface area contributed by atoms with Crippen LogP contribution in [-0.4, -0.2) is 0 Å². The Morgan fingerprint density at radius 1 is 0.324 bits per heavy atom. The molecule has 0 saturated heterocycles. The van der Waals surface area contributed by atoms with Gasteiger partial charge in [0, 0.05) is 0 Å². The van der Waals surface area contributed by atoms with Crippen LogP contribution in [0.5, 0.6) is 0 Å². The van der Waals surface area contributed by atoms with Gasteiger partial charge in [0.25, 0.3) is 0 Å². The van der Waals surface area contributed by atoms with E-state index in [1.807, 2.05) is 0 Å². The SMILES string of the molecule is [Cl-].[Cl-].[Zr+4].c1ccc(-c2ccc[c-]2-c2ccccc2)cc1.c1ccc(-c2ccc[c-]2-c2ccccc2)cc1. The molecule has 0 fully saturated rings. The number of hydrogen-bond acceptors (Lipinski definition) is 0. The molecule has 0 aliphatic heterocycles. The monoisotopic (exact) mass is 594 g/mol. The quantitative estimate of drug-likeness (QED) is 0.274. The maximum atomic E-state index is 2.18. The van der Waals surface area contributed by atoms with E-state index in [4.69, 9.17) is 0 Å². The molecule has 0 heterocycles. The van der Waals surface area contributed by atoms with Gasteiger partial charge >= 0.3 is 26.2 Å². The molecule has 0 saturated carbocycles. The maximum Gasteiger partial charge on any atom is 4.00 e. The molecule has 0 unspecified atom stereocenters. The van der Waals surface area contributed by atoms with Crippen molar-refractivity contribution in [3.8, 4) is 44.5 Å². The first-order valence-corrected chi connectivity index (χ1v) is 11.6. The van der Waals surface area contributed by atoms with Crippen LogP contribution in [0.4, 0.5) is 0 Å². The summed E-state index contributed by atoms with van der Waals surface area (Å²) in [6.45, 7) is 0. The van der Waals surface area contributed by atoms with E-state index < -0.39 is 0 Å². The van der Waals surface area contributed by atoms with Crippen molar-refractivity contribution < 1.29 is 51.0 Å². The molecule has 0 aliphatic rings. The summed E-state index contributed by atoms with van der Waals surface area (Å²) >= 11 is 0. The first-order chi connectivity index (χ1) is 16.9. The second-order valence-corrected chi connectivity index (χ2v) is 8.17. The largest absolute Gasteiger partial charge is 4.00 e. The maximum absolute atomic E-state index is 2.18. The van der Waals surface area contributed by atoms with E-state index >= 15 is 0 Å². The molecule has 0 bridgehead atoms. The van der Waals surface area contributed by atoms with Gasteiger partial charge in [0.05, 0.1) is 0 Å². The van der Waals surface area contributed by atoms with Gasteiger partial charge in [-0.15, -0.1) is 71.8 Å². The molecule has 0 amide bonds. The molecule has 0 aromatic heterocycles. The molecule has 3 heteroatoms. The summed E-state index contributed by atoms with van der Waals surface area (Å²) < 4.78 is 0. The third kappa shape index (κ3) is 7.53. The van der Waals surface area contributed by atoms with Crippen molar-refractivity contribution in [2.24, 2.45) is 0 Å². The van der Waals surface area contributed by atoms with Crippen molar-refractivity contribution in [2.75, 3.05) is 0 Å². The minimum Gasteiger partial charge on any atom is -1.00 e. The molecule has 0 spiro atoms. The van der Waals surface area contributed by atoms with Crippen LogP contribution in [0.1, 0.15) is 0 Å². The molecule has 0 nitrogen and oxygen atoms in total. The minimum absolute atomic E-state index is 0. The summed E-state index contributed by atoms with van der Waals surface area (Å²) in [4.78, 5) is 0. The van der Waals surface area contributed by atoms with Gasteiger partial charge in [0.15, 0.2) is 0 Å². The predicted molar refractivity (Wildman–Crippen MR) is 146 cm³/mol. The molecular formula is C34H26Cl2Zr. The average Bonchev–Trinajstić information content (AvgIpc) is 3.62. The van der Waals surface area contributed by atoms with E-state index in [9.17, 15) is 0 Å². The van der Waals surface area contributed by atoms with Gasteiger partial charge in [-0.2, -0.15) is 0 Å². The van der Waals surface area contributed by atoms with Crippen LogP contribution in [0.3, 0.4) is 0 Å². The Hall–Kier alpha value is -2.96. The smallest absolute Gasteiger partial charge is 1.00 e. The third-order valence-electron chi connectivity index (χ3n) is 5.97. The Morgan fingerprint density at radius 2 is 0.622 bits per heavy atom. The Balaban J connectivity index is 0.000000241. The van der Waals surface area contributed by atoms with Crippen LogP contribution in [0.2, 0.25) is 0 Å². The second-order valence-electron chi connectivity index (χ2n) is 8.17. The number of halogens is 2. The fourth-order valence-electron chi connectivity index (χ4n) is 4.32. The van der Waals surface area contributed by atoms with Crippen molar-refractivity contribution in [1.29, 1.82) is 0 Å². The third-order valence-corrected chi connectivity index (χ3v) is 5.97. The van der Waals surface area contributed by atoms with Gasteiger partial charge in [0.2, 0.25) is 0 Å². The Kier molecular flexibility index (Phi) is 12.5. The minimum atomic E-state index is 0. The molecule has 0 aliphatic carbocycles. The summed E-state index contributed by atoms with van der Waals surface area (Å²) in [7, 11) is 0. The molecule has 0 N–H and O–H groups in total. The summed E-state index contributed by atoms with van der Waals surface area (Å²) in [5.74, 6) is 0. The summed E-state index contributed by atoms with van der Waals surface area (Å²) in [5, 5.41) is 0. The van der Waals surface area contributed by atoms with Gasteiger partial charge in [0.1, 0.15) is 0 Å². The van der Waals surface area contributed by atoms with E-state index in [1.165, 1.54) is 44.5 Å². The zero-order valence-corrected chi connectivity index (χ0v) is 24.2. The zero-order valence-electron chi connectivity index (χ0n) is 20.3. The molecule has 37 heavy (non-hydrogen) atoms. The Labute approximate surface area is 251 Å². The fraction of sp³-hybridized carbons (Fsp3) is 0. The molecule has 6 rings (SSSR count). The van der Waals surface area contributed by atoms with Gasteiger partial charge in [-0.05, 0) is 0 Å². The van der Waals surface area contributed by atoms with Crippen LogP contribution in [0, 0.1) is 0 Å².